The number of benzene rings is 1. The van der Waals surface area contributed by atoms with Crippen LogP contribution in [0.5, 0.6) is 0 Å². The highest BCUT2D eigenvalue weighted by Crippen LogP contribution is 2.21. The van der Waals surface area contributed by atoms with Gasteiger partial charge < -0.3 is 5.73 Å². The molecular formula is C12H17NO. The summed E-state index contributed by atoms with van der Waals surface area (Å²) in [5, 5.41) is 0. The smallest absolute Gasteiger partial charge is 0.223 e. The molecule has 0 aliphatic rings. The number of nitrogens with two attached hydrogens (primary N) is 1. The lowest BCUT2D eigenvalue weighted by Gasteiger charge is -2.19. The molecule has 0 aliphatic heterocycles. The van der Waals surface area contributed by atoms with Gasteiger partial charge in [-0.25, -0.2) is 0 Å². The van der Waals surface area contributed by atoms with E-state index in [0.717, 1.165) is 12.8 Å². The van der Waals surface area contributed by atoms with E-state index in [1.54, 1.807) is 0 Å². The van der Waals surface area contributed by atoms with Crippen molar-refractivity contribution in [3.63, 3.8) is 0 Å². The minimum absolute atomic E-state index is 0.228. The number of amides is 1. The zero-order chi connectivity index (χ0) is 10.6. The second kappa shape index (κ2) is 4.27. The molecule has 2 N–H and O–H groups in total. The molecule has 0 fully saturated rings. The lowest BCUT2D eigenvalue weighted by Crippen LogP contribution is -2.31. The zero-order valence-electron chi connectivity index (χ0n) is 8.79. The molecule has 0 saturated carbocycles. The normalized spacial score (nSPS) is 11.3. The summed E-state index contributed by atoms with van der Waals surface area (Å²) in [5.41, 5.74) is 6.14. The van der Waals surface area contributed by atoms with Crippen LogP contribution in [0.2, 0.25) is 0 Å². The maximum atomic E-state index is 11.1. The maximum absolute atomic E-state index is 11.1. The number of primary amides is 1. The van der Waals surface area contributed by atoms with Gasteiger partial charge in [-0.2, -0.15) is 0 Å². The van der Waals surface area contributed by atoms with Crippen molar-refractivity contribution < 1.29 is 4.79 Å². The second-order valence-corrected chi connectivity index (χ2v) is 4.23. The molecule has 0 saturated heterocycles. The van der Waals surface area contributed by atoms with Crippen molar-refractivity contribution in [1.29, 1.82) is 0 Å². The van der Waals surface area contributed by atoms with Crippen molar-refractivity contribution in [2.45, 2.75) is 26.7 Å². The summed E-state index contributed by atoms with van der Waals surface area (Å²) >= 11 is 0. The van der Waals surface area contributed by atoms with E-state index in [2.05, 4.69) is 12.1 Å². The van der Waals surface area contributed by atoms with Gasteiger partial charge in [-0.15, -0.1) is 0 Å². The third-order valence-corrected chi connectivity index (χ3v) is 2.55. The van der Waals surface area contributed by atoms with Crippen LogP contribution in [0.15, 0.2) is 30.3 Å². The summed E-state index contributed by atoms with van der Waals surface area (Å²) in [6.07, 6.45) is 1.70. The summed E-state index contributed by atoms with van der Waals surface area (Å²) in [6, 6.07) is 10.1. The first-order chi connectivity index (χ1) is 6.52. The van der Waals surface area contributed by atoms with E-state index < -0.39 is 5.41 Å². The van der Waals surface area contributed by atoms with E-state index >= 15 is 0 Å². The van der Waals surface area contributed by atoms with Crippen molar-refractivity contribution in [3.05, 3.63) is 35.9 Å². The summed E-state index contributed by atoms with van der Waals surface area (Å²) in [5.74, 6) is -0.228. The first kappa shape index (κ1) is 10.8. The van der Waals surface area contributed by atoms with Gasteiger partial charge >= 0.3 is 0 Å². The molecule has 0 atom stereocenters. The zero-order valence-corrected chi connectivity index (χ0v) is 8.79. The van der Waals surface area contributed by atoms with E-state index in [-0.39, 0.29) is 5.91 Å². The quantitative estimate of drug-likeness (QED) is 0.778. The van der Waals surface area contributed by atoms with Crippen LogP contribution in [0.1, 0.15) is 25.8 Å². The standard InChI is InChI=1S/C12H17NO/c1-12(2,11(13)14)9-8-10-6-4-3-5-7-10/h3-7H,8-9H2,1-2H3,(H2,13,14). The first-order valence-corrected chi connectivity index (χ1v) is 4.86. The van der Waals surface area contributed by atoms with Gasteiger partial charge in [0, 0.05) is 5.41 Å². The molecule has 0 heterocycles. The lowest BCUT2D eigenvalue weighted by molar-refractivity contribution is -0.126. The Hall–Kier alpha value is -1.31. The predicted octanol–water partition coefficient (Wildman–Crippen LogP) is 2.13. The molecule has 0 aromatic heterocycles. The molecule has 76 valence electrons. The fraction of sp³-hybridized carbons (Fsp3) is 0.417. The molecule has 0 spiro atoms. The highest BCUT2D eigenvalue weighted by Gasteiger charge is 2.23. The van der Waals surface area contributed by atoms with Gasteiger partial charge in [-0.05, 0) is 18.4 Å². The van der Waals surface area contributed by atoms with Gasteiger partial charge in [0.1, 0.15) is 0 Å². The maximum Gasteiger partial charge on any atom is 0.223 e. The molecule has 0 bridgehead atoms. The van der Waals surface area contributed by atoms with Crippen LogP contribution in [0.25, 0.3) is 0 Å². The van der Waals surface area contributed by atoms with Crippen LogP contribution in [-0.4, -0.2) is 5.91 Å². The molecule has 0 unspecified atom stereocenters. The lowest BCUT2D eigenvalue weighted by atomic mass is 9.86. The molecular weight excluding hydrogens is 174 g/mol. The topological polar surface area (TPSA) is 43.1 Å². The second-order valence-electron chi connectivity index (χ2n) is 4.23. The van der Waals surface area contributed by atoms with Gasteiger partial charge in [-0.3, -0.25) is 4.79 Å². The van der Waals surface area contributed by atoms with Crippen molar-refractivity contribution in [3.8, 4) is 0 Å². The molecule has 1 rings (SSSR count). The van der Waals surface area contributed by atoms with Crippen LogP contribution < -0.4 is 5.73 Å². The first-order valence-electron chi connectivity index (χ1n) is 4.86. The van der Waals surface area contributed by atoms with E-state index in [1.165, 1.54) is 5.56 Å². The average Bonchev–Trinajstić information content (AvgIpc) is 2.16. The Balaban J connectivity index is 2.53. The highest BCUT2D eigenvalue weighted by atomic mass is 16.1. The largest absolute Gasteiger partial charge is 0.369 e. The summed E-state index contributed by atoms with van der Waals surface area (Å²) < 4.78 is 0. The summed E-state index contributed by atoms with van der Waals surface area (Å²) in [7, 11) is 0. The van der Waals surface area contributed by atoms with Gasteiger partial charge in [-0.1, -0.05) is 44.2 Å². The Morgan fingerprint density at radius 1 is 1.29 bits per heavy atom. The molecule has 14 heavy (non-hydrogen) atoms. The monoisotopic (exact) mass is 191 g/mol. The van der Waals surface area contributed by atoms with Crippen LogP contribution in [-0.2, 0) is 11.2 Å². The molecule has 1 aromatic rings. The van der Waals surface area contributed by atoms with Crippen LogP contribution in [0.3, 0.4) is 0 Å². The number of carbonyl (C=O) groups is 1. The van der Waals surface area contributed by atoms with Crippen LogP contribution >= 0.6 is 0 Å². The molecule has 2 heteroatoms. The van der Waals surface area contributed by atoms with Gasteiger partial charge in [0.2, 0.25) is 5.91 Å². The molecule has 1 aromatic carbocycles. The van der Waals surface area contributed by atoms with Crippen LogP contribution in [0, 0.1) is 5.41 Å². The van der Waals surface area contributed by atoms with E-state index in [1.807, 2.05) is 32.0 Å². The summed E-state index contributed by atoms with van der Waals surface area (Å²) in [4.78, 5) is 11.1. The van der Waals surface area contributed by atoms with Crippen molar-refractivity contribution >= 4 is 5.91 Å². The van der Waals surface area contributed by atoms with Crippen molar-refractivity contribution in [2.75, 3.05) is 0 Å². The predicted molar refractivity (Wildman–Crippen MR) is 57.7 cm³/mol. The molecule has 1 amide bonds. The van der Waals surface area contributed by atoms with Gasteiger partial charge in [0.05, 0.1) is 0 Å². The third-order valence-electron chi connectivity index (χ3n) is 2.55. The number of aryl methyl sites for hydroxylation is 1. The Kier molecular flexibility index (Phi) is 3.28. The Morgan fingerprint density at radius 3 is 2.36 bits per heavy atom. The van der Waals surface area contributed by atoms with Crippen molar-refractivity contribution in [1.82, 2.24) is 0 Å². The van der Waals surface area contributed by atoms with E-state index in [9.17, 15) is 4.79 Å². The average molecular weight is 191 g/mol. The fourth-order valence-electron chi connectivity index (χ4n) is 1.22. The SMILES string of the molecule is CC(C)(CCc1ccccc1)C(N)=O. The molecule has 0 aliphatic carbocycles. The number of hydrogen-bond acceptors (Lipinski definition) is 1. The Bertz CT molecular complexity index is 303. The van der Waals surface area contributed by atoms with E-state index in [4.69, 9.17) is 5.73 Å². The Morgan fingerprint density at radius 2 is 1.86 bits per heavy atom. The van der Waals surface area contributed by atoms with Gasteiger partial charge in [0.25, 0.3) is 0 Å². The molecule has 0 radical (unpaired) electrons. The van der Waals surface area contributed by atoms with Gasteiger partial charge in [0.15, 0.2) is 0 Å². The minimum atomic E-state index is -0.407. The number of rotatable bonds is 4. The third kappa shape index (κ3) is 2.87. The fourth-order valence-corrected chi connectivity index (χ4v) is 1.22. The van der Waals surface area contributed by atoms with Crippen LogP contribution in [0.4, 0.5) is 0 Å². The number of carbonyl (C=O) groups excluding carboxylic acids is 1. The highest BCUT2D eigenvalue weighted by molar-refractivity contribution is 5.79. The summed E-state index contributed by atoms with van der Waals surface area (Å²) in [6.45, 7) is 3.77. The minimum Gasteiger partial charge on any atom is -0.369 e. The molecule has 2 nitrogen and oxygen atoms in total. The number of hydrogen-bond donors (Lipinski definition) is 1. The Labute approximate surface area is 85.1 Å². The van der Waals surface area contributed by atoms with Crippen molar-refractivity contribution in [2.24, 2.45) is 11.1 Å². The van der Waals surface area contributed by atoms with E-state index in [0.29, 0.717) is 0 Å².